The highest BCUT2D eigenvalue weighted by molar-refractivity contribution is 5.09. The summed E-state index contributed by atoms with van der Waals surface area (Å²) in [6.07, 6.45) is 0.986. The van der Waals surface area contributed by atoms with Crippen molar-refractivity contribution in [2.75, 3.05) is 6.54 Å². The van der Waals surface area contributed by atoms with E-state index in [1.807, 2.05) is 11.7 Å². The van der Waals surface area contributed by atoms with E-state index >= 15 is 0 Å². The van der Waals surface area contributed by atoms with Crippen LogP contribution in [0.15, 0.2) is 6.07 Å². The van der Waals surface area contributed by atoms with E-state index in [4.69, 9.17) is 5.73 Å². The highest BCUT2D eigenvalue weighted by atomic mass is 15.3. The summed E-state index contributed by atoms with van der Waals surface area (Å²) in [4.78, 5) is 0. The molecule has 1 aromatic rings. The SMILES string of the molecule is CCc1cc(CN[C@@H](C)CN)n(C)n1. The largest absolute Gasteiger partial charge is 0.329 e. The molecule has 0 aliphatic carbocycles. The van der Waals surface area contributed by atoms with Gasteiger partial charge in [-0.1, -0.05) is 6.92 Å². The molecule has 0 aliphatic rings. The summed E-state index contributed by atoms with van der Waals surface area (Å²) in [5.74, 6) is 0. The second-order valence-electron chi connectivity index (χ2n) is 3.62. The molecule has 1 heterocycles. The van der Waals surface area contributed by atoms with E-state index in [-0.39, 0.29) is 0 Å². The van der Waals surface area contributed by atoms with Crippen LogP contribution in [-0.4, -0.2) is 22.4 Å². The van der Waals surface area contributed by atoms with Crippen molar-refractivity contribution in [2.24, 2.45) is 12.8 Å². The number of nitrogens with two attached hydrogens (primary N) is 1. The Bertz CT molecular complexity index is 280. The van der Waals surface area contributed by atoms with Gasteiger partial charge in [0.2, 0.25) is 0 Å². The van der Waals surface area contributed by atoms with Gasteiger partial charge in [0.25, 0.3) is 0 Å². The van der Waals surface area contributed by atoms with E-state index in [2.05, 4.69) is 30.3 Å². The van der Waals surface area contributed by atoms with Crippen molar-refractivity contribution in [3.05, 3.63) is 17.5 Å². The van der Waals surface area contributed by atoms with Gasteiger partial charge in [0.1, 0.15) is 0 Å². The minimum atomic E-state index is 0.356. The molecule has 0 unspecified atom stereocenters. The lowest BCUT2D eigenvalue weighted by Gasteiger charge is -2.10. The topological polar surface area (TPSA) is 55.9 Å². The molecular formula is C10H20N4. The van der Waals surface area contributed by atoms with Crippen molar-refractivity contribution in [3.8, 4) is 0 Å². The second-order valence-corrected chi connectivity index (χ2v) is 3.62. The molecule has 4 nitrogen and oxygen atoms in total. The Morgan fingerprint density at radius 3 is 2.86 bits per heavy atom. The van der Waals surface area contributed by atoms with Crippen LogP contribution in [0, 0.1) is 0 Å². The summed E-state index contributed by atoms with van der Waals surface area (Å²) in [5, 5.41) is 7.72. The van der Waals surface area contributed by atoms with Crippen molar-refractivity contribution >= 4 is 0 Å². The van der Waals surface area contributed by atoms with E-state index in [1.54, 1.807) is 0 Å². The molecule has 1 aromatic heterocycles. The fraction of sp³-hybridized carbons (Fsp3) is 0.700. The predicted octanol–water partition coefficient (Wildman–Crippen LogP) is 0.419. The third kappa shape index (κ3) is 2.82. The molecule has 0 amide bonds. The van der Waals surface area contributed by atoms with Crippen molar-refractivity contribution in [2.45, 2.75) is 32.9 Å². The van der Waals surface area contributed by atoms with Gasteiger partial charge >= 0.3 is 0 Å². The first-order valence-electron chi connectivity index (χ1n) is 5.12. The van der Waals surface area contributed by atoms with Crippen LogP contribution in [0.2, 0.25) is 0 Å². The highest BCUT2D eigenvalue weighted by Gasteiger charge is 2.04. The summed E-state index contributed by atoms with van der Waals surface area (Å²) in [6.45, 7) is 5.69. The summed E-state index contributed by atoms with van der Waals surface area (Å²) in [7, 11) is 1.98. The minimum absolute atomic E-state index is 0.356. The Balaban J connectivity index is 2.53. The number of hydrogen-bond acceptors (Lipinski definition) is 3. The predicted molar refractivity (Wildman–Crippen MR) is 57.9 cm³/mol. The maximum atomic E-state index is 5.52. The van der Waals surface area contributed by atoms with E-state index in [0.29, 0.717) is 12.6 Å². The van der Waals surface area contributed by atoms with Gasteiger partial charge in [-0.3, -0.25) is 4.68 Å². The van der Waals surface area contributed by atoms with Crippen molar-refractivity contribution < 1.29 is 0 Å². The number of rotatable bonds is 5. The van der Waals surface area contributed by atoms with Gasteiger partial charge in [0.15, 0.2) is 0 Å². The molecular weight excluding hydrogens is 176 g/mol. The Hall–Kier alpha value is -0.870. The molecule has 0 bridgehead atoms. The van der Waals surface area contributed by atoms with Crippen LogP contribution >= 0.6 is 0 Å². The molecule has 3 N–H and O–H groups in total. The average Bonchev–Trinajstić information content (AvgIpc) is 2.55. The molecule has 1 rings (SSSR count). The molecule has 0 radical (unpaired) electrons. The quantitative estimate of drug-likeness (QED) is 0.717. The first kappa shape index (κ1) is 11.2. The monoisotopic (exact) mass is 196 g/mol. The first-order valence-corrected chi connectivity index (χ1v) is 5.12. The van der Waals surface area contributed by atoms with Gasteiger partial charge < -0.3 is 11.1 Å². The number of hydrogen-bond donors (Lipinski definition) is 2. The third-order valence-electron chi connectivity index (χ3n) is 2.37. The zero-order valence-electron chi connectivity index (χ0n) is 9.25. The molecule has 0 spiro atoms. The van der Waals surface area contributed by atoms with Crippen LogP contribution in [0.1, 0.15) is 25.2 Å². The molecule has 0 saturated heterocycles. The lowest BCUT2D eigenvalue weighted by molar-refractivity contribution is 0.534. The number of nitrogens with zero attached hydrogens (tertiary/aromatic N) is 2. The molecule has 0 saturated carbocycles. The van der Waals surface area contributed by atoms with Gasteiger partial charge in [-0.15, -0.1) is 0 Å². The van der Waals surface area contributed by atoms with Crippen LogP contribution in [0.5, 0.6) is 0 Å². The molecule has 0 fully saturated rings. The minimum Gasteiger partial charge on any atom is -0.329 e. The van der Waals surface area contributed by atoms with Crippen LogP contribution in [0.25, 0.3) is 0 Å². The molecule has 80 valence electrons. The van der Waals surface area contributed by atoms with Gasteiger partial charge in [-0.2, -0.15) is 5.10 Å². The van der Waals surface area contributed by atoms with Crippen molar-refractivity contribution in [1.82, 2.24) is 15.1 Å². The second kappa shape index (κ2) is 5.12. The summed E-state index contributed by atoms with van der Waals surface area (Å²) >= 11 is 0. The average molecular weight is 196 g/mol. The number of aryl methyl sites for hydroxylation is 2. The highest BCUT2D eigenvalue weighted by Crippen LogP contribution is 2.03. The standard InChI is InChI=1S/C10H20N4/c1-4-9-5-10(14(3)13-9)7-12-8(2)6-11/h5,8,12H,4,6-7,11H2,1-3H3/t8-/m0/s1. The molecule has 0 aliphatic heterocycles. The zero-order chi connectivity index (χ0) is 10.6. The van der Waals surface area contributed by atoms with Crippen molar-refractivity contribution in [3.63, 3.8) is 0 Å². The lowest BCUT2D eigenvalue weighted by atomic mass is 10.3. The Morgan fingerprint density at radius 1 is 1.64 bits per heavy atom. The van der Waals surface area contributed by atoms with Gasteiger partial charge in [0.05, 0.1) is 11.4 Å². The molecule has 14 heavy (non-hydrogen) atoms. The fourth-order valence-electron chi connectivity index (χ4n) is 1.27. The van der Waals surface area contributed by atoms with E-state index in [1.165, 1.54) is 5.69 Å². The van der Waals surface area contributed by atoms with Gasteiger partial charge in [-0.25, -0.2) is 0 Å². The Labute approximate surface area is 85.5 Å². The molecule has 4 heteroatoms. The smallest absolute Gasteiger partial charge is 0.0625 e. The van der Waals surface area contributed by atoms with Crippen LogP contribution in [0.3, 0.4) is 0 Å². The molecule has 0 aromatic carbocycles. The van der Waals surface area contributed by atoms with Crippen LogP contribution in [0.4, 0.5) is 0 Å². The first-order chi connectivity index (χ1) is 6.67. The van der Waals surface area contributed by atoms with Gasteiger partial charge in [-0.05, 0) is 19.4 Å². The summed E-state index contributed by atoms with van der Waals surface area (Å²) in [5.41, 5.74) is 7.87. The Morgan fingerprint density at radius 2 is 2.36 bits per heavy atom. The third-order valence-corrected chi connectivity index (χ3v) is 2.37. The zero-order valence-corrected chi connectivity index (χ0v) is 9.25. The number of nitrogens with one attached hydrogen (secondary N) is 1. The van der Waals surface area contributed by atoms with Crippen LogP contribution in [-0.2, 0) is 20.0 Å². The summed E-state index contributed by atoms with van der Waals surface area (Å²) < 4.78 is 1.93. The maximum absolute atomic E-state index is 5.52. The van der Waals surface area contributed by atoms with Crippen molar-refractivity contribution in [1.29, 1.82) is 0 Å². The maximum Gasteiger partial charge on any atom is 0.0625 e. The molecule has 1 atom stereocenters. The van der Waals surface area contributed by atoms with E-state index in [0.717, 1.165) is 18.7 Å². The normalized spacial score (nSPS) is 13.1. The van der Waals surface area contributed by atoms with Gasteiger partial charge in [0, 0.05) is 26.2 Å². The Kier molecular flexibility index (Phi) is 4.10. The lowest BCUT2D eigenvalue weighted by Crippen LogP contribution is -2.33. The summed E-state index contributed by atoms with van der Waals surface area (Å²) in [6, 6.07) is 2.49. The van der Waals surface area contributed by atoms with E-state index in [9.17, 15) is 0 Å². The van der Waals surface area contributed by atoms with E-state index < -0.39 is 0 Å². The number of aromatic nitrogens is 2. The van der Waals surface area contributed by atoms with Crippen LogP contribution < -0.4 is 11.1 Å². The fourth-order valence-corrected chi connectivity index (χ4v) is 1.27.